The molecule has 1 amide bonds. The number of nitrogens with zero attached hydrogens (tertiary/aromatic N) is 2. The van der Waals surface area contributed by atoms with E-state index < -0.39 is 0 Å². The van der Waals surface area contributed by atoms with Crippen LogP contribution in [0.4, 0.5) is 0 Å². The van der Waals surface area contributed by atoms with Gasteiger partial charge in [0.1, 0.15) is 5.69 Å². The van der Waals surface area contributed by atoms with Gasteiger partial charge in [0.15, 0.2) is 0 Å². The number of halogens is 1. The lowest BCUT2D eigenvalue weighted by Crippen LogP contribution is -2.28. The third kappa shape index (κ3) is 2.85. The number of carbonyl (C=O) groups is 1. The molecule has 0 fully saturated rings. The van der Waals surface area contributed by atoms with Crippen molar-refractivity contribution < 1.29 is 4.79 Å². The Hall–Kier alpha value is -1.81. The average molecular weight is 292 g/mol. The predicted molar refractivity (Wildman–Crippen MR) is 80.0 cm³/mol. The zero-order chi connectivity index (χ0) is 14.9. The zero-order valence-corrected chi connectivity index (χ0v) is 12.8. The molecule has 5 heteroatoms. The lowest BCUT2D eigenvalue weighted by molar-refractivity contribution is 0.0930. The molecule has 0 bridgehead atoms. The van der Waals surface area contributed by atoms with Crippen LogP contribution in [0.2, 0.25) is 5.02 Å². The van der Waals surface area contributed by atoms with Crippen LogP contribution < -0.4 is 5.32 Å². The van der Waals surface area contributed by atoms with Gasteiger partial charge in [-0.3, -0.25) is 9.48 Å². The normalized spacial score (nSPS) is 12.2. The highest BCUT2D eigenvalue weighted by atomic mass is 35.5. The van der Waals surface area contributed by atoms with Gasteiger partial charge in [0.25, 0.3) is 5.91 Å². The molecule has 1 heterocycles. The fraction of sp³-hybridized carbons (Fsp3) is 0.333. The largest absolute Gasteiger partial charge is 0.344 e. The number of nitrogens with one attached hydrogen (secondary N) is 1. The summed E-state index contributed by atoms with van der Waals surface area (Å²) in [7, 11) is 1.70. The van der Waals surface area contributed by atoms with Crippen molar-refractivity contribution in [1.29, 1.82) is 0 Å². The Kier molecular flexibility index (Phi) is 4.14. The monoisotopic (exact) mass is 291 g/mol. The van der Waals surface area contributed by atoms with Gasteiger partial charge in [-0.05, 0) is 37.5 Å². The SMILES string of the molecule is Cc1ccc([C@@H](C)NC(=O)c2c(Cl)cnn2C)cc1C. The molecule has 20 heavy (non-hydrogen) atoms. The smallest absolute Gasteiger partial charge is 0.271 e. The van der Waals surface area contributed by atoms with Crippen LogP contribution in [0.1, 0.15) is 40.1 Å². The molecule has 0 radical (unpaired) electrons. The van der Waals surface area contributed by atoms with Crippen molar-refractivity contribution in [2.24, 2.45) is 7.05 Å². The highest BCUT2D eigenvalue weighted by molar-refractivity contribution is 6.33. The second kappa shape index (κ2) is 5.67. The maximum absolute atomic E-state index is 12.2. The van der Waals surface area contributed by atoms with Crippen molar-refractivity contribution in [1.82, 2.24) is 15.1 Å². The predicted octanol–water partition coefficient (Wildman–Crippen LogP) is 3.18. The number of carbonyl (C=O) groups excluding carboxylic acids is 1. The zero-order valence-electron chi connectivity index (χ0n) is 12.1. The number of aromatic nitrogens is 2. The first kappa shape index (κ1) is 14.6. The summed E-state index contributed by atoms with van der Waals surface area (Å²) in [5.41, 5.74) is 3.89. The molecule has 2 aromatic rings. The molecule has 4 nitrogen and oxygen atoms in total. The van der Waals surface area contributed by atoms with E-state index in [1.165, 1.54) is 22.0 Å². The van der Waals surface area contributed by atoms with Gasteiger partial charge in [-0.25, -0.2) is 0 Å². The summed E-state index contributed by atoms with van der Waals surface area (Å²) in [5.74, 6) is -0.222. The number of benzene rings is 1. The van der Waals surface area contributed by atoms with Crippen molar-refractivity contribution in [3.63, 3.8) is 0 Å². The lowest BCUT2D eigenvalue weighted by atomic mass is 10.0. The molecule has 2 rings (SSSR count). The van der Waals surface area contributed by atoms with E-state index in [2.05, 4.69) is 36.4 Å². The van der Waals surface area contributed by atoms with E-state index in [-0.39, 0.29) is 11.9 Å². The molecule has 0 aliphatic heterocycles. The summed E-state index contributed by atoms with van der Waals surface area (Å²) in [6.45, 7) is 6.08. The third-order valence-electron chi connectivity index (χ3n) is 3.49. The summed E-state index contributed by atoms with van der Waals surface area (Å²) in [6, 6.07) is 6.08. The van der Waals surface area contributed by atoms with Crippen LogP contribution in [0, 0.1) is 13.8 Å². The molecule has 0 unspecified atom stereocenters. The molecule has 106 valence electrons. The number of hydrogen-bond donors (Lipinski definition) is 1. The van der Waals surface area contributed by atoms with Crippen molar-refractivity contribution >= 4 is 17.5 Å². The summed E-state index contributed by atoms with van der Waals surface area (Å²) in [4.78, 5) is 12.2. The molecule has 1 aromatic heterocycles. The molecule has 1 aromatic carbocycles. The Morgan fingerprint density at radius 1 is 1.35 bits per heavy atom. The molecule has 0 aliphatic rings. The van der Waals surface area contributed by atoms with Gasteiger partial charge in [-0.1, -0.05) is 29.8 Å². The molecule has 0 spiro atoms. The van der Waals surface area contributed by atoms with E-state index in [1.54, 1.807) is 7.05 Å². The van der Waals surface area contributed by atoms with E-state index in [1.807, 2.05) is 13.0 Å². The summed E-state index contributed by atoms with van der Waals surface area (Å²) in [6.07, 6.45) is 1.47. The van der Waals surface area contributed by atoms with Crippen molar-refractivity contribution in [3.05, 3.63) is 51.8 Å². The standard InChI is InChI=1S/C15H18ClN3O/c1-9-5-6-12(7-10(9)2)11(3)18-15(20)14-13(16)8-17-19(14)4/h5-8,11H,1-4H3,(H,18,20)/t11-/m1/s1. The van der Waals surface area contributed by atoms with Crippen LogP contribution in [-0.4, -0.2) is 15.7 Å². The summed E-state index contributed by atoms with van der Waals surface area (Å²) in [5, 5.41) is 7.27. The van der Waals surface area contributed by atoms with Gasteiger partial charge in [-0.15, -0.1) is 0 Å². The van der Waals surface area contributed by atoms with Gasteiger partial charge in [0, 0.05) is 7.05 Å². The molecular formula is C15H18ClN3O. The number of hydrogen-bond acceptors (Lipinski definition) is 2. The maximum Gasteiger partial charge on any atom is 0.271 e. The van der Waals surface area contributed by atoms with Gasteiger partial charge < -0.3 is 5.32 Å². The molecule has 1 atom stereocenters. The molecule has 0 aliphatic carbocycles. The fourth-order valence-corrected chi connectivity index (χ4v) is 2.30. The molecular weight excluding hydrogens is 274 g/mol. The van der Waals surface area contributed by atoms with E-state index in [9.17, 15) is 4.79 Å². The molecule has 0 saturated carbocycles. The Balaban J connectivity index is 2.17. The average Bonchev–Trinajstić information content (AvgIpc) is 2.72. The topological polar surface area (TPSA) is 46.9 Å². The van der Waals surface area contributed by atoms with E-state index in [4.69, 9.17) is 11.6 Å². The summed E-state index contributed by atoms with van der Waals surface area (Å²) < 4.78 is 1.48. The first-order valence-corrected chi connectivity index (χ1v) is 6.83. The van der Waals surface area contributed by atoms with Crippen LogP contribution in [0.3, 0.4) is 0 Å². The Bertz CT molecular complexity index is 629. The van der Waals surface area contributed by atoms with Gasteiger partial charge in [-0.2, -0.15) is 5.10 Å². The van der Waals surface area contributed by atoms with E-state index in [0.717, 1.165) is 5.56 Å². The van der Waals surface area contributed by atoms with Gasteiger partial charge in [0.05, 0.1) is 17.3 Å². The molecule has 0 saturated heterocycles. The minimum atomic E-state index is -0.222. The van der Waals surface area contributed by atoms with Gasteiger partial charge in [0.2, 0.25) is 0 Å². The highest BCUT2D eigenvalue weighted by Crippen LogP contribution is 2.19. The number of aryl methyl sites for hydroxylation is 3. The minimum Gasteiger partial charge on any atom is -0.344 e. The Morgan fingerprint density at radius 3 is 2.60 bits per heavy atom. The number of amides is 1. The lowest BCUT2D eigenvalue weighted by Gasteiger charge is -2.16. The Morgan fingerprint density at radius 2 is 2.05 bits per heavy atom. The van der Waals surface area contributed by atoms with Crippen molar-refractivity contribution in [2.45, 2.75) is 26.8 Å². The highest BCUT2D eigenvalue weighted by Gasteiger charge is 2.18. The van der Waals surface area contributed by atoms with Crippen molar-refractivity contribution in [3.8, 4) is 0 Å². The van der Waals surface area contributed by atoms with E-state index >= 15 is 0 Å². The van der Waals surface area contributed by atoms with Gasteiger partial charge >= 0.3 is 0 Å². The van der Waals surface area contributed by atoms with Crippen LogP contribution in [0.15, 0.2) is 24.4 Å². The second-order valence-corrected chi connectivity index (χ2v) is 5.41. The van der Waals surface area contributed by atoms with Crippen LogP contribution in [-0.2, 0) is 7.05 Å². The third-order valence-corrected chi connectivity index (χ3v) is 3.76. The first-order chi connectivity index (χ1) is 9.40. The summed E-state index contributed by atoms with van der Waals surface area (Å²) >= 11 is 5.97. The quantitative estimate of drug-likeness (QED) is 0.944. The molecule has 1 N–H and O–H groups in total. The first-order valence-electron chi connectivity index (χ1n) is 6.45. The van der Waals surface area contributed by atoms with E-state index in [0.29, 0.717) is 10.7 Å². The second-order valence-electron chi connectivity index (χ2n) is 5.00. The van der Waals surface area contributed by atoms with Crippen LogP contribution >= 0.6 is 11.6 Å². The minimum absolute atomic E-state index is 0.0900. The maximum atomic E-state index is 12.2. The van der Waals surface area contributed by atoms with Crippen LogP contribution in [0.5, 0.6) is 0 Å². The Labute approximate surface area is 123 Å². The number of rotatable bonds is 3. The fourth-order valence-electron chi connectivity index (χ4n) is 2.05. The van der Waals surface area contributed by atoms with Crippen LogP contribution in [0.25, 0.3) is 0 Å². The van der Waals surface area contributed by atoms with Crippen molar-refractivity contribution in [2.75, 3.05) is 0 Å².